The molecular formula is C12H23Cl2N3OS. The third kappa shape index (κ3) is 6.08. The van der Waals surface area contributed by atoms with E-state index in [0.717, 1.165) is 22.0 Å². The van der Waals surface area contributed by atoms with Gasteiger partial charge in [-0.05, 0) is 27.2 Å². The molecule has 4 nitrogen and oxygen atoms in total. The summed E-state index contributed by atoms with van der Waals surface area (Å²) in [6.45, 7) is 8.24. The van der Waals surface area contributed by atoms with Gasteiger partial charge in [-0.25, -0.2) is 4.98 Å². The second-order valence-electron chi connectivity index (χ2n) is 4.59. The molecule has 0 spiro atoms. The van der Waals surface area contributed by atoms with Crippen LogP contribution in [0.15, 0.2) is 0 Å². The minimum atomic E-state index is -0.775. The SMILES string of the molecule is CCCC(C)(N)C(=O)NCc1sc(C)nc1C.Cl.Cl. The van der Waals surface area contributed by atoms with Crippen molar-refractivity contribution in [1.82, 2.24) is 10.3 Å². The number of rotatable bonds is 5. The average molecular weight is 328 g/mol. The molecule has 19 heavy (non-hydrogen) atoms. The molecule has 0 aliphatic heterocycles. The lowest BCUT2D eigenvalue weighted by Gasteiger charge is -2.22. The Morgan fingerprint density at radius 2 is 2.00 bits per heavy atom. The van der Waals surface area contributed by atoms with Gasteiger partial charge in [0.25, 0.3) is 0 Å². The van der Waals surface area contributed by atoms with Crippen molar-refractivity contribution in [3.8, 4) is 0 Å². The summed E-state index contributed by atoms with van der Waals surface area (Å²) in [7, 11) is 0. The van der Waals surface area contributed by atoms with Crippen LogP contribution < -0.4 is 11.1 Å². The molecule has 0 saturated carbocycles. The van der Waals surface area contributed by atoms with Crippen LogP contribution in [-0.2, 0) is 11.3 Å². The molecule has 1 aromatic heterocycles. The Morgan fingerprint density at radius 3 is 2.42 bits per heavy atom. The molecule has 0 bridgehead atoms. The molecule has 1 heterocycles. The summed E-state index contributed by atoms with van der Waals surface area (Å²) in [4.78, 5) is 17.3. The van der Waals surface area contributed by atoms with Crippen LogP contribution in [0.1, 0.15) is 42.3 Å². The van der Waals surface area contributed by atoms with E-state index in [4.69, 9.17) is 5.73 Å². The van der Waals surface area contributed by atoms with Gasteiger partial charge in [0, 0.05) is 4.88 Å². The van der Waals surface area contributed by atoms with Crippen molar-refractivity contribution >= 4 is 42.1 Å². The summed E-state index contributed by atoms with van der Waals surface area (Å²) in [6.07, 6.45) is 1.60. The number of aromatic nitrogens is 1. The maximum atomic E-state index is 11.9. The largest absolute Gasteiger partial charge is 0.350 e. The lowest BCUT2D eigenvalue weighted by molar-refractivity contribution is -0.126. The van der Waals surface area contributed by atoms with Crippen LogP contribution in [-0.4, -0.2) is 16.4 Å². The summed E-state index contributed by atoms with van der Waals surface area (Å²) in [6, 6.07) is 0. The number of carbonyl (C=O) groups is 1. The number of hydrogen-bond donors (Lipinski definition) is 2. The van der Waals surface area contributed by atoms with Crippen molar-refractivity contribution in [2.75, 3.05) is 0 Å². The van der Waals surface area contributed by atoms with E-state index >= 15 is 0 Å². The number of nitrogens with one attached hydrogen (secondary N) is 1. The van der Waals surface area contributed by atoms with Gasteiger partial charge in [0.05, 0.1) is 22.8 Å². The Morgan fingerprint density at radius 1 is 1.42 bits per heavy atom. The number of hydrogen-bond acceptors (Lipinski definition) is 4. The van der Waals surface area contributed by atoms with Gasteiger partial charge in [0.2, 0.25) is 5.91 Å². The number of nitrogens with two attached hydrogens (primary N) is 1. The maximum Gasteiger partial charge on any atom is 0.240 e. The van der Waals surface area contributed by atoms with E-state index in [-0.39, 0.29) is 30.7 Å². The minimum Gasteiger partial charge on any atom is -0.350 e. The van der Waals surface area contributed by atoms with Crippen molar-refractivity contribution in [1.29, 1.82) is 0 Å². The molecule has 3 N–H and O–H groups in total. The smallest absolute Gasteiger partial charge is 0.240 e. The van der Waals surface area contributed by atoms with Gasteiger partial charge in [-0.3, -0.25) is 4.79 Å². The lowest BCUT2D eigenvalue weighted by Crippen LogP contribution is -2.51. The van der Waals surface area contributed by atoms with Crippen LogP contribution in [0.25, 0.3) is 0 Å². The molecule has 0 aliphatic rings. The standard InChI is InChI=1S/C12H21N3OS.2ClH/c1-5-6-12(4,13)11(16)14-7-10-8(2)15-9(3)17-10;;/h5-7,13H2,1-4H3,(H,14,16);2*1H. The molecule has 1 unspecified atom stereocenters. The first kappa shape index (κ1) is 20.9. The quantitative estimate of drug-likeness (QED) is 0.873. The number of carbonyl (C=O) groups excluding carboxylic acids is 1. The molecule has 0 aliphatic carbocycles. The molecule has 1 rings (SSSR count). The van der Waals surface area contributed by atoms with Gasteiger partial charge in [0.15, 0.2) is 0 Å². The molecule has 112 valence electrons. The van der Waals surface area contributed by atoms with Crippen molar-refractivity contribution in [2.24, 2.45) is 5.73 Å². The van der Waals surface area contributed by atoms with Gasteiger partial charge < -0.3 is 11.1 Å². The van der Waals surface area contributed by atoms with E-state index < -0.39 is 5.54 Å². The van der Waals surface area contributed by atoms with Crippen molar-refractivity contribution in [3.63, 3.8) is 0 Å². The summed E-state index contributed by atoms with van der Waals surface area (Å²) >= 11 is 1.61. The molecule has 1 atom stereocenters. The number of halogens is 2. The fraction of sp³-hybridized carbons (Fsp3) is 0.667. The van der Waals surface area contributed by atoms with Crippen LogP contribution in [0, 0.1) is 13.8 Å². The number of thiazole rings is 1. The third-order valence-electron chi connectivity index (χ3n) is 2.70. The van der Waals surface area contributed by atoms with Crippen molar-refractivity contribution in [3.05, 3.63) is 15.6 Å². The normalized spacial score (nSPS) is 12.9. The molecule has 0 fully saturated rings. The van der Waals surface area contributed by atoms with Gasteiger partial charge in [-0.2, -0.15) is 0 Å². The number of amides is 1. The molecule has 1 amide bonds. The highest BCUT2D eigenvalue weighted by molar-refractivity contribution is 7.11. The van der Waals surface area contributed by atoms with Gasteiger partial charge in [-0.15, -0.1) is 36.2 Å². The Bertz CT molecular complexity index is 408. The average Bonchev–Trinajstić information content (AvgIpc) is 2.53. The summed E-state index contributed by atoms with van der Waals surface area (Å²) < 4.78 is 0. The van der Waals surface area contributed by atoms with E-state index in [1.807, 2.05) is 20.8 Å². The lowest BCUT2D eigenvalue weighted by atomic mass is 9.96. The van der Waals surface area contributed by atoms with Crippen LogP contribution in [0.2, 0.25) is 0 Å². The molecule has 1 aromatic rings. The monoisotopic (exact) mass is 327 g/mol. The zero-order chi connectivity index (χ0) is 13.1. The first-order valence-electron chi connectivity index (χ1n) is 5.87. The molecule has 0 aromatic carbocycles. The predicted octanol–water partition coefficient (Wildman–Crippen LogP) is 2.74. The fourth-order valence-corrected chi connectivity index (χ4v) is 2.61. The Hall–Kier alpha value is -0.360. The first-order chi connectivity index (χ1) is 7.86. The van der Waals surface area contributed by atoms with Crippen molar-refractivity contribution in [2.45, 2.75) is 52.6 Å². The van der Waals surface area contributed by atoms with E-state index in [1.165, 1.54) is 0 Å². The van der Waals surface area contributed by atoms with Gasteiger partial charge in [-0.1, -0.05) is 13.3 Å². The molecule has 0 radical (unpaired) electrons. The maximum absolute atomic E-state index is 11.9. The van der Waals surface area contributed by atoms with E-state index in [9.17, 15) is 4.79 Å². The summed E-state index contributed by atoms with van der Waals surface area (Å²) in [5.41, 5.74) is 6.17. The molecule has 7 heteroatoms. The Kier molecular flexibility index (Phi) is 9.64. The third-order valence-corrected chi connectivity index (χ3v) is 3.77. The predicted molar refractivity (Wildman–Crippen MR) is 85.4 cm³/mol. The van der Waals surface area contributed by atoms with Crippen LogP contribution in [0.4, 0.5) is 0 Å². The van der Waals surface area contributed by atoms with Crippen LogP contribution in [0.3, 0.4) is 0 Å². The number of aryl methyl sites for hydroxylation is 2. The van der Waals surface area contributed by atoms with Gasteiger partial charge in [0.1, 0.15) is 0 Å². The Balaban J connectivity index is 0. The highest BCUT2D eigenvalue weighted by Gasteiger charge is 2.26. The van der Waals surface area contributed by atoms with E-state index in [1.54, 1.807) is 18.3 Å². The highest BCUT2D eigenvalue weighted by atomic mass is 35.5. The topological polar surface area (TPSA) is 68.0 Å². The highest BCUT2D eigenvalue weighted by Crippen LogP contribution is 2.17. The Labute approximate surface area is 131 Å². The minimum absolute atomic E-state index is 0. The second-order valence-corrected chi connectivity index (χ2v) is 5.88. The first-order valence-corrected chi connectivity index (χ1v) is 6.68. The molecule has 0 saturated heterocycles. The van der Waals surface area contributed by atoms with Gasteiger partial charge >= 0.3 is 0 Å². The van der Waals surface area contributed by atoms with Crippen LogP contribution >= 0.6 is 36.2 Å². The summed E-state index contributed by atoms with van der Waals surface area (Å²) in [5.74, 6) is -0.0928. The second kappa shape index (κ2) is 8.74. The van der Waals surface area contributed by atoms with Crippen LogP contribution in [0.5, 0.6) is 0 Å². The number of nitrogens with zero attached hydrogens (tertiary/aromatic N) is 1. The zero-order valence-electron chi connectivity index (χ0n) is 11.8. The van der Waals surface area contributed by atoms with Crippen molar-refractivity contribution < 1.29 is 4.79 Å². The zero-order valence-corrected chi connectivity index (χ0v) is 14.2. The van der Waals surface area contributed by atoms with E-state index in [2.05, 4.69) is 10.3 Å². The summed E-state index contributed by atoms with van der Waals surface area (Å²) in [5, 5.41) is 3.91. The van der Waals surface area contributed by atoms with E-state index in [0.29, 0.717) is 13.0 Å². The molecular weight excluding hydrogens is 305 g/mol. The fourth-order valence-electron chi connectivity index (χ4n) is 1.73.